The van der Waals surface area contributed by atoms with Crippen molar-refractivity contribution in [2.75, 3.05) is 24.5 Å². The van der Waals surface area contributed by atoms with Crippen LogP contribution in [0.2, 0.25) is 0 Å². The van der Waals surface area contributed by atoms with Crippen molar-refractivity contribution in [2.45, 2.75) is 65.0 Å². The van der Waals surface area contributed by atoms with Gasteiger partial charge in [-0.3, -0.25) is 9.59 Å². The molecular weight excluding hydrogens is 340 g/mol. The molecule has 1 aromatic heterocycles. The lowest BCUT2D eigenvalue weighted by atomic mass is 10.0. The Morgan fingerprint density at radius 1 is 1.11 bits per heavy atom. The van der Waals surface area contributed by atoms with Crippen LogP contribution in [-0.4, -0.2) is 47.4 Å². The molecule has 0 aliphatic carbocycles. The molecule has 3 heterocycles. The minimum absolute atomic E-state index is 0.0724. The Morgan fingerprint density at radius 2 is 1.85 bits per heavy atom. The molecule has 148 valence electrons. The number of hydrogen-bond donors (Lipinski definition) is 1. The molecule has 0 saturated carbocycles. The van der Waals surface area contributed by atoms with E-state index in [0.717, 1.165) is 30.9 Å². The molecule has 2 aliphatic heterocycles. The van der Waals surface area contributed by atoms with Gasteiger partial charge in [0.2, 0.25) is 11.8 Å². The van der Waals surface area contributed by atoms with E-state index in [0.29, 0.717) is 19.5 Å². The van der Waals surface area contributed by atoms with Crippen molar-refractivity contribution in [3.8, 4) is 0 Å². The van der Waals surface area contributed by atoms with E-state index < -0.39 is 0 Å². The number of nitrogens with one attached hydrogen (secondary N) is 1. The van der Waals surface area contributed by atoms with Crippen LogP contribution in [0.25, 0.3) is 0 Å². The van der Waals surface area contributed by atoms with E-state index in [2.05, 4.69) is 21.3 Å². The number of likely N-dealkylation sites (tertiary alicyclic amines) is 1. The van der Waals surface area contributed by atoms with Gasteiger partial charge in [0.15, 0.2) is 0 Å². The summed E-state index contributed by atoms with van der Waals surface area (Å²) in [6.45, 7) is 7.26. The molecular formula is C21H32N4O2. The van der Waals surface area contributed by atoms with Crippen LogP contribution >= 0.6 is 0 Å². The van der Waals surface area contributed by atoms with Crippen LogP contribution in [0.4, 0.5) is 5.82 Å². The highest BCUT2D eigenvalue weighted by atomic mass is 16.2. The maximum atomic E-state index is 12.7. The molecule has 6 heteroatoms. The number of carbonyl (C=O) groups excluding carboxylic acids is 2. The molecule has 0 unspecified atom stereocenters. The van der Waals surface area contributed by atoms with Crippen molar-refractivity contribution in [3.63, 3.8) is 0 Å². The van der Waals surface area contributed by atoms with Crippen molar-refractivity contribution in [2.24, 2.45) is 5.92 Å². The number of amides is 2. The van der Waals surface area contributed by atoms with E-state index in [4.69, 9.17) is 0 Å². The lowest BCUT2D eigenvalue weighted by Crippen LogP contribution is -2.50. The Bertz CT molecular complexity index is 636. The number of carbonyl (C=O) groups is 2. The Labute approximate surface area is 162 Å². The summed E-state index contributed by atoms with van der Waals surface area (Å²) in [5.41, 5.74) is 0.983. The molecule has 2 amide bonds. The number of nitrogens with zero attached hydrogens (tertiary/aromatic N) is 3. The first kappa shape index (κ1) is 19.6. The summed E-state index contributed by atoms with van der Waals surface area (Å²) in [6.07, 6.45) is 8.31. The van der Waals surface area contributed by atoms with Gasteiger partial charge in [-0.25, -0.2) is 4.98 Å². The lowest BCUT2D eigenvalue weighted by Gasteiger charge is -2.29. The predicted molar refractivity (Wildman–Crippen MR) is 106 cm³/mol. The summed E-state index contributed by atoms with van der Waals surface area (Å²) in [7, 11) is 0. The molecule has 1 aromatic rings. The molecule has 27 heavy (non-hydrogen) atoms. The highest BCUT2D eigenvalue weighted by Crippen LogP contribution is 2.20. The topological polar surface area (TPSA) is 65.5 Å². The van der Waals surface area contributed by atoms with E-state index in [-0.39, 0.29) is 23.8 Å². The maximum absolute atomic E-state index is 12.7. The molecule has 1 N–H and O–H groups in total. The Balaban J connectivity index is 1.56. The average Bonchev–Trinajstić information content (AvgIpc) is 2.91. The second-order valence-electron chi connectivity index (χ2n) is 8.02. The highest BCUT2D eigenvalue weighted by molar-refractivity contribution is 5.88. The van der Waals surface area contributed by atoms with Crippen molar-refractivity contribution < 1.29 is 9.59 Å². The molecule has 1 atom stereocenters. The third kappa shape index (κ3) is 4.99. The number of pyridine rings is 1. The molecule has 2 fully saturated rings. The van der Waals surface area contributed by atoms with Gasteiger partial charge in [0.25, 0.3) is 0 Å². The molecule has 2 saturated heterocycles. The average molecular weight is 373 g/mol. The van der Waals surface area contributed by atoms with Crippen LogP contribution in [0.15, 0.2) is 18.3 Å². The zero-order valence-electron chi connectivity index (χ0n) is 16.6. The van der Waals surface area contributed by atoms with Crippen molar-refractivity contribution in [3.05, 3.63) is 23.9 Å². The van der Waals surface area contributed by atoms with Gasteiger partial charge in [-0.2, -0.15) is 0 Å². The van der Waals surface area contributed by atoms with Gasteiger partial charge in [0, 0.05) is 38.8 Å². The fourth-order valence-corrected chi connectivity index (χ4v) is 4.07. The van der Waals surface area contributed by atoms with Crippen LogP contribution in [0.1, 0.15) is 57.9 Å². The van der Waals surface area contributed by atoms with Gasteiger partial charge >= 0.3 is 0 Å². The van der Waals surface area contributed by atoms with Crippen molar-refractivity contribution >= 4 is 17.6 Å². The second kappa shape index (κ2) is 9.20. The first-order valence-corrected chi connectivity index (χ1v) is 10.3. The highest BCUT2D eigenvalue weighted by Gasteiger charge is 2.34. The summed E-state index contributed by atoms with van der Waals surface area (Å²) >= 11 is 0. The Morgan fingerprint density at radius 3 is 2.41 bits per heavy atom. The number of anilines is 1. The summed E-state index contributed by atoms with van der Waals surface area (Å²) in [5, 5.41) is 3.00. The van der Waals surface area contributed by atoms with E-state index in [9.17, 15) is 9.59 Å². The Kier molecular flexibility index (Phi) is 6.69. The molecule has 2 aliphatic rings. The van der Waals surface area contributed by atoms with E-state index in [1.54, 1.807) is 4.90 Å². The van der Waals surface area contributed by atoms with E-state index in [1.807, 2.05) is 26.1 Å². The SMILES string of the molecule is CC(C)[C@@H](C(=O)NCc1ccc(N2CCCCCC2)nc1)N1CCCC1=O. The van der Waals surface area contributed by atoms with Gasteiger partial charge in [-0.15, -0.1) is 0 Å². The van der Waals surface area contributed by atoms with Crippen molar-refractivity contribution in [1.82, 2.24) is 15.2 Å². The first-order chi connectivity index (χ1) is 13.1. The van der Waals surface area contributed by atoms with Crippen LogP contribution in [0.3, 0.4) is 0 Å². The predicted octanol–water partition coefficient (Wildman–Crippen LogP) is 2.73. The number of aromatic nitrogens is 1. The summed E-state index contributed by atoms with van der Waals surface area (Å²) in [4.78, 5) is 33.4. The smallest absolute Gasteiger partial charge is 0.243 e. The largest absolute Gasteiger partial charge is 0.357 e. The van der Waals surface area contributed by atoms with Gasteiger partial charge in [-0.05, 0) is 36.8 Å². The minimum Gasteiger partial charge on any atom is -0.357 e. The quantitative estimate of drug-likeness (QED) is 0.834. The molecule has 6 nitrogen and oxygen atoms in total. The van der Waals surface area contributed by atoms with E-state index >= 15 is 0 Å². The summed E-state index contributed by atoms with van der Waals surface area (Å²) in [6, 6.07) is 3.71. The van der Waals surface area contributed by atoms with E-state index in [1.165, 1.54) is 25.7 Å². The fraction of sp³-hybridized carbons (Fsp3) is 0.667. The van der Waals surface area contributed by atoms with Crippen LogP contribution in [-0.2, 0) is 16.1 Å². The second-order valence-corrected chi connectivity index (χ2v) is 8.02. The number of hydrogen-bond acceptors (Lipinski definition) is 4. The molecule has 0 bridgehead atoms. The third-order valence-corrected chi connectivity index (χ3v) is 5.55. The molecule has 0 radical (unpaired) electrons. The zero-order chi connectivity index (χ0) is 19.2. The van der Waals surface area contributed by atoms with Crippen LogP contribution in [0.5, 0.6) is 0 Å². The first-order valence-electron chi connectivity index (χ1n) is 10.3. The standard InChI is InChI=1S/C21H32N4O2/c1-16(2)20(25-13-7-8-19(25)26)21(27)23-15-17-9-10-18(22-14-17)24-11-5-3-4-6-12-24/h9-10,14,16,20H,3-8,11-13,15H2,1-2H3,(H,23,27)/t20-/m0/s1. The third-order valence-electron chi connectivity index (χ3n) is 5.55. The van der Waals surface area contributed by atoms with Crippen molar-refractivity contribution in [1.29, 1.82) is 0 Å². The minimum atomic E-state index is -0.385. The normalized spacial score (nSPS) is 19.3. The van der Waals surface area contributed by atoms with Gasteiger partial charge in [0.1, 0.15) is 11.9 Å². The molecule has 3 rings (SSSR count). The summed E-state index contributed by atoms with van der Waals surface area (Å²) in [5.74, 6) is 1.13. The lowest BCUT2D eigenvalue weighted by molar-refractivity contribution is -0.139. The zero-order valence-corrected chi connectivity index (χ0v) is 16.6. The van der Waals surface area contributed by atoms with Gasteiger partial charge < -0.3 is 15.1 Å². The monoisotopic (exact) mass is 372 g/mol. The van der Waals surface area contributed by atoms with Crippen LogP contribution in [0, 0.1) is 5.92 Å². The maximum Gasteiger partial charge on any atom is 0.243 e. The fourth-order valence-electron chi connectivity index (χ4n) is 4.07. The Hall–Kier alpha value is -2.11. The molecule has 0 aromatic carbocycles. The summed E-state index contributed by atoms with van der Waals surface area (Å²) < 4.78 is 0. The number of rotatable bonds is 6. The van der Waals surface area contributed by atoms with Gasteiger partial charge in [-0.1, -0.05) is 32.8 Å². The van der Waals surface area contributed by atoms with Crippen LogP contribution < -0.4 is 10.2 Å². The van der Waals surface area contributed by atoms with Gasteiger partial charge in [0.05, 0.1) is 0 Å². The molecule has 0 spiro atoms.